The number of para-hydroxylation sites is 1. The fraction of sp³-hybridized carbons (Fsp3) is 0.300. The van der Waals surface area contributed by atoms with Crippen molar-refractivity contribution in [2.24, 2.45) is 0 Å². The summed E-state index contributed by atoms with van der Waals surface area (Å²) in [5.41, 5.74) is 3.28. The third-order valence-corrected chi connectivity index (χ3v) is 4.57. The molecule has 1 aliphatic rings. The number of rotatable bonds is 4. The zero-order valence-corrected chi connectivity index (χ0v) is 14.7. The summed E-state index contributed by atoms with van der Waals surface area (Å²) in [5, 5.41) is 6.25. The molecule has 2 atom stereocenters. The first-order valence-corrected chi connectivity index (χ1v) is 8.57. The minimum absolute atomic E-state index is 0.0413. The van der Waals surface area contributed by atoms with Gasteiger partial charge in [-0.15, -0.1) is 0 Å². The molecular weight excluding hydrogens is 314 g/mol. The zero-order chi connectivity index (χ0) is 18.0. The summed E-state index contributed by atoms with van der Waals surface area (Å²) in [4.78, 5) is 26.1. The van der Waals surface area contributed by atoms with E-state index in [2.05, 4.69) is 24.5 Å². The molecule has 1 aliphatic heterocycles. The Morgan fingerprint density at radius 2 is 1.88 bits per heavy atom. The normalized spacial score (nSPS) is 17.5. The van der Waals surface area contributed by atoms with E-state index >= 15 is 0 Å². The third-order valence-electron chi connectivity index (χ3n) is 4.57. The largest absolute Gasteiger partial charge is 0.361 e. The van der Waals surface area contributed by atoms with E-state index in [-0.39, 0.29) is 24.0 Å². The van der Waals surface area contributed by atoms with Crippen LogP contribution in [-0.4, -0.2) is 22.8 Å². The van der Waals surface area contributed by atoms with E-state index < -0.39 is 0 Å². The molecule has 0 fully saturated rings. The number of hydrogen-bond donors (Lipinski definition) is 2. The molecule has 130 valence electrons. The highest BCUT2D eigenvalue weighted by molar-refractivity contribution is 6.02. The van der Waals surface area contributed by atoms with Gasteiger partial charge in [0.05, 0.1) is 5.56 Å². The van der Waals surface area contributed by atoms with E-state index in [4.69, 9.17) is 0 Å². The molecule has 1 heterocycles. The van der Waals surface area contributed by atoms with Crippen LogP contribution in [0.25, 0.3) is 0 Å². The Bertz CT molecular complexity index is 786. The van der Waals surface area contributed by atoms with Crippen LogP contribution in [0.1, 0.15) is 49.3 Å². The number of nitrogens with zero attached hydrogens (tertiary/aromatic N) is 1. The molecule has 0 aliphatic carbocycles. The fourth-order valence-corrected chi connectivity index (χ4v) is 3.12. The van der Waals surface area contributed by atoms with Gasteiger partial charge in [-0.05, 0) is 43.2 Å². The summed E-state index contributed by atoms with van der Waals surface area (Å²) < 4.78 is 0. The van der Waals surface area contributed by atoms with Crippen molar-refractivity contribution in [1.82, 2.24) is 4.90 Å². The Morgan fingerprint density at radius 3 is 2.52 bits per heavy atom. The van der Waals surface area contributed by atoms with Crippen molar-refractivity contribution >= 4 is 23.2 Å². The average molecular weight is 337 g/mol. The van der Waals surface area contributed by atoms with Crippen LogP contribution in [-0.2, 0) is 4.79 Å². The third kappa shape index (κ3) is 3.36. The number of benzene rings is 2. The topological polar surface area (TPSA) is 61.4 Å². The van der Waals surface area contributed by atoms with E-state index in [9.17, 15) is 9.59 Å². The smallest absolute Gasteiger partial charge is 0.258 e. The number of carbonyl (C=O) groups is 2. The SMILES string of the molecule is CC[C@@H](C)N1C(=O)c2ccccc2N[C@H]1c1ccc(NC(C)=O)cc1. The predicted octanol–water partition coefficient (Wildman–Crippen LogP) is 4.01. The Balaban J connectivity index is 1.97. The molecule has 5 nitrogen and oxygen atoms in total. The van der Waals surface area contributed by atoms with Crippen molar-refractivity contribution in [1.29, 1.82) is 0 Å². The molecule has 2 amide bonds. The van der Waals surface area contributed by atoms with E-state index in [0.29, 0.717) is 5.56 Å². The maximum Gasteiger partial charge on any atom is 0.258 e. The van der Waals surface area contributed by atoms with Gasteiger partial charge in [-0.3, -0.25) is 9.59 Å². The highest BCUT2D eigenvalue weighted by atomic mass is 16.2. The Labute approximate surface area is 148 Å². The lowest BCUT2D eigenvalue weighted by atomic mass is 10.0. The van der Waals surface area contributed by atoms with Crippen LogP contribution in [0.2, 0.25) is 0 Å². The molecule has 25 heavy (non-hydrogen) atoms. The van der Waals surface area contributed by atoms with E-state index in [0.717, 1.165) is 23.4 Å². The molecule has 0 saturated carbocycles. The van der Waals surface area contributed by atoms with Crippen LogP contribution >= 0.6 is 0 Å². The van der Waals surface area contributed by atoms with Gasteiger partial charge in [0.1, 0.15) is 6.17 Å². The van der Waals surface area contributed by atoms with Gasteiger partial charge in [0, 0.05) is 24.3 Å². The minimum atomic E-state index is -0.233. The summed E-state index contributed by atoms with van der Waals surface area (Å²) in [7, 11) is 0. The molecule has 2 N–H and O–H groups in total. The van der Waals surface area contributed by atoms with Crippen LogP contribution in [0.4, 0.5) is 11.4 Å². The second-order valence-electron chi connectivity index (χ2n) is 6.37. The lowest BCUT2D eigenvalue weighted by Crippen LogP contribution is -2.47. The van der Waals surface area contributed by atoms with Crippen LogP contribution in [0.15, 0.2) is 48.5 Å². The molecule has 0 saturated heterocycles. The highest BCUT2D eigenvalue weighted by Gasteiger charge is 2.35. The van der Waals surface area contributed by atoms with E-state index in [1.54, 1.807) is 0 Å². The number of anilines is 2. The maximum atomic E-state index is 13.0. The van der Waals surface area contributed by atoms with Gasteiger partial charge in [-0.1, -0.05) is 31.2 Å². The summed E-state index contributed by atoms with van der Waals surface area (Å²) in [6.07, 6.45) is 0.638. The molecule has 5 heteroatoms. The molecular formula is C20H23N3O2. The molecule has 0 radical (unpaired) electrons. The average Bonchev–Trinajstić information content (AvgIpc) is 2.61. The number of hydrogen-bond acceptors (Lipinski definition) is 3. The van der Waals surface area contributed by atoms with Crippen molar-refractivity contribution < 1.29 is 9.59 Å². The first-order chi connectivity index (χ1) is 12.0. The van der Waals surface area contributed by atoms with Gasteiger partial charge in [-0.2, -0.15) is 0 Å². The van der Waals surface area contributed by atoms with Crippen molar-refractivity contribution in [3.05, 3.63) is 59.7 Å². The Morgan fingerprint density at radius 1 is 1.20 bits per heavy atom. The van der Waals surface area contributed by atoms with Gasteiger partial charge in [0.15, 0.2) is 0 Å². The summed E-state index contributed by atoms with van der Waals surface area (Å²) in [6, 6.07) is 15.3. The van der Waals surface area contributed by atoms with Crippen LogP contribution in [0.3, 0.4) is 0 Å². The maximum absolute atomic E-state index is 13.0. The lowest BCUT2D eigenvalue weighted by Gasteiger charge is -2.41. The quantitative estimate of drug-likeness (QED) is 0.886. The van der Waals surface area contributed by atoms with Crippen LogP contribution < -0.4 is 10.6 Å². The first-order valence-electron chi connectivity index (χ1n) is 8.57. The summed E-state index contributed by atoms with van der Waals surface area (Å²) in [6.45, 7) is 5.62. The highest BCUT2D eigenvalue weighted by Crippen LogP contribution is 2.35. The van der Waals surface area contributed by atoms with Crippen LogP contribution in [0, 0.1) is 0 Å². The van der Waals surface area contributed by atoms with Gasteiger partial charge >= 0.3 is 0 Å². The zero-order valence-electron chi connectivity index (χ0n) is 14.7. The van der Waals surface area contributed by atoms with E-state index in [1.165, 1.54) is 6.92 Å². The van der Waals surface area contributed by atoms with Gasteiger partial charge in [0.25, 0.3) is 5.91 Å². The predicted molar refractivity (Wildman–Crippen MR) is 99.5 cm³/mol. The Kier molecular flexibility index (Phi) is 4.74. The second kappa shape index (κ2) is 6.97. The minimum Gasteiger partial charge on any atom is -0.361 e. The second-order valence-corrected chi connectivity index (χ2v) is 6.37. The summed E-state index contributed by atoms with van der Waals surface area (Å²) >= 11 is 0. The molecule has 0 aromatic heterocycles. The molecule has 2 aromatic rings. The van der Waals surface area contributed by atoms with Gasteiger partial charge in [0.2, 0.25) is 5.91 Å². The number of fused-ring (bicyclic) bond motifs is 1. The van der Waals surface area contributed by atoms with Gasteiger partial charge in [-0.25, -0.2) is 0 Å². The molecule has 3 rings (SSSR count). The van der Waals surface area contributed by atoms with Crippen molar-refractivity contribution in [2.45, 2.75) is 39.4 Å². The fourth-order valence-electron chi connectivity index (χ4n) is 3.12. The standard InChI is InChI=1S/C20H23N3O2/c1-4-13(2)23-19(15-9-11-16(12-10-15)21-14(3)24)22-18-8-6-5-7-17(18)20(23)25/h5-13,19,22H,4H2,1-3H3,(H,21,24)/t13-,19-/m1/s1. The van der Waals surface area contributed by atoms with Gasteiger partial charge < -0.3 is 15.5 Å². The molecule has 0 bridgehead atoms. The summed E-state index contributed by atoms with van der Waals surface area (Å²) in [5.74, 6) is -0.0616. The van der Waals surface area contributed by atoms with Crippen LogP contribution in [0.5, 0.6) is 0 Å². The number of nitrogens with one attached hydrogen (secondary N) is 2. The van der Waals surface area contributed by atoms with Crippen molar-refractivity contribution in [3.63, 3.8) is 0 Å². The number of amides is 2. The lowest BCUT2D eigenvalue weighted by molar-refractivity contribution is -0.114. The molecule has 2 aromatic carbocycles. The van der Waals surface area contributed by atoms with E-state index in [1.807, 2.05) is 53.4 Å². The molecule has 0 spiro atoms. The monoisotopic (exact) mass is 337 g/mol. The first kappa shape index (κ1) is 17.0. The number of carbonyl (C=O) groups excluding carboxylic acids is 2. The molecule has 0 unspecified atom stereocenters. The Hall–Kier alpha value is -2.82. The van der Waals surface area contributed by atoms with Crippen molar-refractivity contribution in [2.75, 3.05) is 10.6 Å². The van der Waals surface area contributed by atoms with Crippen molar-refractivity contribution in [3.8, 4) is 0 Å².